The highest BCUT2D eigenvalue weighted by Gasteiger charge is 2.18. The van der Waals surface area contributed by atoms with Crippen LogP contribution in [0.4, 0.5) is 10.8 Å². The summed E-state index contributed by atoms with van der Waals surface area (Å²) in [5, 5.41) is 2.33. The van der Waals surface area contributed by atoms with Crippen LogP contribution in [0.3, 0.4) is 0 Å². The maximum atomic E-state index is 12.3. The number of amides is 1. The highest BCUT2D eigenvalue weighted by molar-refractivity contribution is 7.14. The van der Waals surface area contributed by atoms with Crippen LogP contribution >= 0.6 is 11.3 Å². The summed E-state index contributed by atoms with van der Waals surface area (Å²) < 4.78 is 11.0. The van der Waals surface area contributed by atoms with Gasteiger partial charge in [-0.1, -0.05) is 25.5 Å². The zero-order valence-corrected chi connectivity index (χ0v) is 18.8. The van der Waals surface area contributed by atoms with Gasteiger partial charge in [-0.05, 0) is 55.3 Å². The van der Waals surface area contributed by atoms with Gasteiger partial charge in [-0.15, -0.1) is 11.3 Å². The molecule has 0 saturated carbocycles. The number of anilines is 2. The van der Waals surface area contributed by atoms with Gasteiger partial charge in [0.05, 0.1) is 23.6 Å². The van der Waals surface area contributed by atoms with Crippen LogP contribution in [0.1, 0.15) is 48.3 Å². The van der Waals surface area contributed by atoms with Crippen LogP contribution in [0.25, 0.3) is 0 Å². The molecule has 0 atom stereocenters. The Morgan fingerprint density at radius 2 is 1.90 bits per heavy atom. The summed E-state index contributed by atoms with van der Waals surface area (Å²) in [5.74, 6) is 0.163. The van der Waals surface area contributed by atoms with Crippen molar-refractivity contribution >= 4 is 34.0 Å². The van der Waals surface area contributed by atoms with Crippen LogP contribution in [0.15, 0.2) is 53.9 Å². The third-order valence-electron chi connectivity index (χ3n) is 4.51. The van der Waals surface area contributed by atoms with Crippen molar-refractivity contribution in [2.24, 2.45) is 0 Å². The average Bonchev–Trinajstić information content (AvgIpc) is 3.21. The van der Waals surface area contributed by atoms with Gasteiger partial charge >= 0.3 is 5.97 Å². The van der Waals surface area contributed by atoms with Crippen LogP contribution in [-0.2, 0) is 16.1 Å². The number of rotatable bonds is 9. The van der Waals surface area contributed by atoms with Gasteiger partial charge < -0.3 is 9.47 Å². The summed E-state index contributed by atoms with van der Waals surface area (Å²) in [6, 6.07) is 14.6. The zero-order valence-electron chi connectivity index (χ0n) is 18.0. The molecule has 0 aliphatic heterocycles. The van der Waals surface area contributed by atoms with Crippen LogP contribution < -0.4 is 9.64 Å². The van der Waals surface area contributed by atoms with Gasteiger partial charge in [-0.3, -0.25) is 9.69 Å². The van der Waals surface area contributed by atoms with E-state index in [1.807, 2.05) is 31.2 Å². The number of carbonyl (C=O) groups excluding carboxylic acids is 2. The van der Waals surface area contributed by atoms with Crippen molar-refractivity contribution in [1.82, 2.24) is 4.98 Å². The number of unbranched alkanes of at least 4 members (excludes halogenated alkanes) is 1. The van der Waals surface area contributed by atoms with Crippen LogP contribution in [0, 0.1) is 6.92 Å². The fourth-order valence-corrected chi connectivity index (χ4v) is 3.78. The van der Waals surface area contributed by atoms with E-state index in [-0.39, 0.29) is 12.5 Å². The number of esters is 1. The Balaban J connectivity index is 1.61. The minimum absolute atomic E-state index is 0.0314. The Bertz CT molecular complexity index is 1030. The van der Waals surface area contributed by atoms with Crippen LogP contribution in [0.2, 0.25) is 0 Å². The summed E-state index contributed by atoms with van der Waals surface area (Å²) in [6.45, 7) is 6.27. The first-order valence-electron chi connectivity index (χ1n) is 10.2. The smallest absolute Gasteiger partial charge is 0.338 e. The SMILES string of the molecule is CCCCOc1ccc(C(=O)OCc2csc(N(C(C)=O)c3cccc(C)c3)n2)cc1. The van der Waals surface area contributed by atoms with Gasteiger partial charge in [-0.2, -0.15) is 0 Å². The van der Waals surface area contributed by atoms with Crippen molar-refractivity contribution in [2.45, 2.75) is 40.2 Å². The molecule has 7 heteroatoms. The Morgan fingerprint density at radius 1 is 1.13 bits per heavy atom. The molecule has 0 unspecified atom stereocenters. The second kappa shape index (κ2) is 10.7. The molecule has 0 spiro atoms. The van der Waals surface area contributed by atoms with Gasteiger partial charge in [-0.25, -0.2) is 9.78 Å². The van der Waals surface area contributed by atoms with Crippen molar-refractivity contribution in [3.63, 3.8) is 0 Å². The molecule has 1 amide bonds. The van der Waals surface area contributed by atoms with Crippen molar-refractivity contribution < 1.29 is 19.1 Å². The average molecular weight is 439 g/mol. The first-order chi connectivity index (χ1) is 15.0. The van der Waals surface area contributed by atoms with E-state index in [0.717, 1.165) is 29.8 Å². The quantitative estimate of drug-likeness (QED) is 0.318. The van der Waals surface area contributed by atoms with E-state index in [0.29, 0.717) is 23.0 Å². The van der Waals surface area contributed by atoms with Crippen molar-refractivity contribution in [1.29, 1.82) is 0 Å². The topological polar surface area (TPSA) is 68.7 Å². The number of thiazole rings is 1. The number of hydrogen-bond donors (Lipinski definition) is 0. The molecule has 6 nitrogen and oxygen atoms in total. The third-order valence-corrected chi connectivity index (χ3v) is 5.39. The van der Waals surface area contributed by atoms with Gasteiger partial charge in [0.1, 0.15) is 12.4 Å². The molecular weight excluding hydrogens is 412 g/mol. The predicted octanol–water partition coefficient (Wildman–Crippen LogP) is 5.67. The van der Waals surface area contributed by atoms with Crippen LogP contribution in [-0.4, -0.2) is 23.5 Å². The van der Waals surface area contributed by atoms with Crippen molar-refractivity contribution in [3.05, 3.63) is 70.7 Å². The van der Waals surface area contributed by atoms with E-state index in [4.69, 9.17) is 9.47 Å². The second-order valence-corrected chi connectivity index (χ2v) is 7.95. The van der Waals surface area contributed by atoms with E-state index in [1.54, 1.807) is 34.5 Å². The lowest BCUT2D eigenvalue weighted by Gasteiger charge is -2.18. The number of aryl methyl sites for hydroxylation is 1. The molecule has 0 saturated heterocycles. The number of benzene rings is 2. The molecule has 1 heterocycles. The molecule has 0 radical (unpaired) electrons. The number of hydrogen-bond acceptors (Lipinski definition) is 6. The largest absolute Gasteiger partial charge is 0.494 e. The fourth-order valence-electron chi connectivity index (χ4n) is 2.90. The van der Waals surface area contributed by atoms with Gasteiger partial charge in [0.2, 0.25) is 5.91 Å². The molecule has 0 fully saturated rings. The molecule has 0 N–H and O–H groups in total. The minimum atomic E-state index is -0.434. The standard InChI is InChI=1S/C24H26N2O4S/c1-4-5-13-29-22-11-9-19(10-12-22)23(28)30-15-20-16-31-24(25-20)26(18(3)27)21-8-6-7-17(2)14-21/h6-12,14,16H,4-5,13,15H2,1-3H3. The van der Waals surface area contributed by atoms with E-state index in [1.165, 1.54) is 18.3 Å². The lowest BCUT2D eigenvalue weighted by Crippen LogP contribution is -2.22. The maximum absolute atomic E-state index is 12.3. The Labute approximate surface area is 186 Å². The van der Waals surface area contributed by atoms with E-state index >= 15 is 0 Å². The highest BCUT2D eigenvalue weighted by Crippen LogP contribution is 2.29. The molecular formula is C24H26N2O4S. The second-order valence-electron chi connectivity index (χ2n) is 7.12. The zero-order chi connectivity index (χ0) is 22.2. The number of aromatic nitrogens is 1. The summed E-state index contributed by atoms with van der Waals surface area (Å²) >= 11 is 1.33. The Kier molecular flexibility index (Phi) is 7.78. The normalized spacial score (nSPS) is 10.5. The van der Waals surface area contributed by atoms with E-state index < -0.39 is 5.97 Å². The van der Waals surface area contributed by atoms with Crippen molar-refractivity contribution in [3.8, 4) is 5.75 Å². The number of nitrogens with zero attached hydrogens (tertiary/aromatic N) is 2. The lowest BCUT2D eigenvalue weighted by atomic mass is 10.2. The monoisotopic (exact) mass is 438 g/mol. The summed E-state index contributed by atoms with van der Waals surface area (Å²) in [6.07, 6.45) is 2.06. The van der Waals surface area contributed by atoms with Gasteiger partial charge in [0.25, 0.3) is 0 Å². The summed E-state index contributed by atoms with van der Waals surface area (Å²) in [5.41, 5.74) is 2.85. The summed E-state index contributed by atoms with van der Waals surface area (Å²) in [4.78, 5) is 30.6. The molecule has 1 aromatic heterocycles. The van der Waals surface area contributed by atoms with E-state index in [9.17, 15) is 9.59 Å². The maximum Gasteiger partial charge on any atom is 0.338 e. The molecule has 2 aromatic carbocycles. The summed E-state index contributed by atoms with van der Waals surface area (Å²) in [7, 11) is 0. The first kappa shape index (κ1) is 22.5. The molecule has 3 aromatic rings. The van der Waals surface area contributed by atoms with Gasteiger partial charge in [0, 0.05) is 12.3 Å². The first-order valence-corrected chi connectivity index (χ1v) is 11.1. The molecule has 31 heavy (non-hydrogen) atoms. The predicted molar refractivity (Wildman–Crippen MR) is 122 cm³/mol. The minimum Gasteiger partial charge on any atom is -0.494 e. The highest BCUT2D eigenvalue weighted by atomic mass is 32.1. The van der Waals surface area contributed by atoms with Crippen LogP contribution in [0.5, 0.6) is 5.75 Å². The molecule has 0 bridgehead atoms. The molecule has 0 aliphatic carbocycles. The molecule has 162 valence electrons. The molecule has 3 rings (SSSR count). The van der Waals surface area contributed by atoms with Crippen molar-refractivity contribution in [2.75, 3.05) is 11.5 Å². The number of ether oxygens (including phenoxy) is 2. The fraction of sp³-hybridized carbons (Fsp3) is 0.292. The van der Waals surface area contributed by atoms with E-state index in [2.05, 4.69) is 11.9 Å². The lowest BCUT2D eigenvalue weighted by molar-refractivity contribution is -0.115. The Morgan fingerprint density at radius 3 is 2.58 bits per heavy atom. The third kappa shape index (κ3) is 6.15. The number of carbonyl (C=O) groups is 2. The Hall–Kier alpha value is -3.19. The van der Waals surface area contributed by atoms with Gasteiger partial charge in [0.15, 0.2) is 5.13 Å². The molecule has 0 aliphatic rings.